The minimum Gasteiger partial charge on any atom is -0.394 e. The van der Waals surface area contributed by atoms with Crippen molar-refractivity contribution in [1.82, 2.24) is 39.0 Å². The average molecular weight is 747 g/mol. The number of hydrogen-bond donors (Lipinski definition) is 8. The lowest BCUT2D eigenvalue weighted by atomic mass is 10.1. The van der Waals surface area contributed by atoms with E-state index in [0.29, 0.717) is 47.1 Å². The van der Waals surface area contributed by atoms with Gasteiger partial charge in [-0.15, -0.1) is 0 Å². The summed E-state index contributed by atoms with van der Waals surface area (Å²) < 4.78 is 48.3. The zero-order chi connectivity index (χ0) is 33.9. The van der Waals surface area contributed by atoms with Gasteiger partial charge >= 0.3 is 0 Å². The zero-order valence-corrected chi connectivity index (χ0v) is 28.4. The normalized spacial score (nSPS) is 28.9. The van der Waals surface area contributed by atoms with E-state index < -0.39 is 76.8 Å². The molecule has 48 heavy (non-hydrogen) atoms. The Balaban J connectivity index is 1.08. The van der Waals surface area contributed by atoms with E-state index in [9.17, 15) is 29.6 Å². The second kappa shape index (κ2) is 15.4. The highest BCUT2D eigenvalue weighted by molar-refractivity contribution is 8.39. The largest absolute Gasteiger partial charge is 0.394 e. The van der Waals surface area contributed by atoms with Crippen molar-refractivity contribution >= 4 is 72.9 Å². The van der Waals surface area contributed by atoms with Crippen molar-refractivity contribution in [2.75, 3.05) is 36.9 Å². The highest BCUT2D eigenvalue weighted by Crippen LogP contribution is 2.42. The fourth-order valence-electron chi connectivity index (χ4n) is 5.51. The molecule has 6 heterocycles. The molecular weight excluding hydrogens is 714 g/mol. The molecule has 2 aliphatic heterocycles. The number of hydrogen-bond acceptors (Lipinski definition) is 18. The van der Waals surface area contributed by atoms with Crippen molar-refractivity contribution in [3.05, 3.63) is 37.5 Å². The predicted molar refractivity (Wildman–Crippen MR) is 176 cm³/mol. The molecule has 6 N–H and O–H groups in total. The Bertz CT molecular complexity index is 1820. The van der Waals surface area contributed by atoms with Crippen molar-refractivity contribution < 1.29 is 48.1 Å². The maximum Gasteiger partial charge on any atom is 0.243 e. The molecule has 0 aromatic carbocycles. The molecular formula is C24H32N10O10P2S2. The Labute approximate surface area is 283 Å². The summed E-state index contributed by atoms with van der Waals surface area (Å²) in [5.74, 6) is 0.845. The monoisotopic (exact) mass is 746 g/mol. The molecule has 2 aliphatic rings. The molecule has 4 aromatic heterocycles. The third-order valence-electron chi connectivity index (χ3n) is 7.66. The van der Waals surface area contributed by atoms with Crippen molar-refractivity contribution in [3.63, 3.8) is 0 Å². The standard InChI is InChI=1S/C24H32N10O10P2S2/c35-5-11-15(37)18(44-46(40)48)24(41-11)34-10-32-14-20(28-8-30-22(14)34)26-4-2-1-3-25-19-13-21(29-7-27-19)33(9-31-13)23-16(38)17(43-45(39)47)12(6-36)42-23/h1-2,7-12,15-18,23-24,35-38,45-46H,3-6H2,(H,39,47)(H,40,48)(H,25,27,29)(H,26,28,30)/b2-1+/t11-,12-,15-,16-,17-,18-,23-,24?/m1/s1. The zero-order valence-electron chi connectivity index (χ0n) is 24.6. The summed E-state index contributed by atoms with van der Waals surface area (Å²) in [6.07, 6.45) is 0.673. The van der Waals surface area contributed by atoms with Gasteiger partial charge in [0.05, 0.1) is 25.9 Å². The van der Waals surface area contributed by atoms with Crippen molar-refractivity contribution in [2.45, 2.75) is 49.1 Å². The summed E-state index contributed by atoms with van der Waals surface area (Å²) in [4.78, 5) is 25.8. The third kappa shape index (κ3) is 7.11. The fourth-order valence-corrected chi connectivity index (χ4v) is 7.25. The van der Waals surface area contributed by atoms with E-state index in [1.807, 2.05) is 12.2 Å². The average Bonchev–Trinajstić information content (AvgIpc) is 3.83. The van der Waals surface area contributed by atoms with Gasteiger partial charge in [-0.2, -0.15) is 0 Å². The predicted octanol–water partition coefficient (Wildman–Crippen LogP) is -0.0432. The molecule has 4 aromatic rings. The molecule has 2 saturated heterocycles. The van der Waals surface area contributed by atoms with Crippen LogP contribution in [0.15, 0.2) is 37.5 Å². The van der Waals surface area contributed by atoms with Gasteiger partial charge < -0.3 is 49.6 Å². The van der Waals surface area contributed by atoms with Crippen LogP contribution in [0, 0.1) is 0 Å². The van der Waals surface area contributed by atoms with E-state index in [4.69, 9.17) is 18.5 Å². The lowest BCUT2D eigenvalue weighted by molar-refractivity contribution is -0.0502. The molecule has 6 rings (SSSR count). The molecule has 260 valence electrons. The Morgan fingerprint density at radius 1 is 0.750 bits per heavy atom. The first-order valence-corrected chi connectivity index (χ1v) is 19.6. The summed E-state index contributed by atoms with van der Waals surface area (Å²) in [7, 11) is -5.45. The molecule has 2 fully saturated rings. The lowest BCUT2D eigenvalue weighted by Crippen LogP contribution is -2.34. The van der Waals surface area contributed by atoms with Gasteiger partial charge in [-0.05, 0) is 0 Å². The van der Waals surface area contributed by atoms with Crippen LogP contribution in [0.3, 0.4) is 0 Å². The number of nitrogens with zero attached hydrogens (tertiary/aromatic N) is 8. The van der Waals surface area contributed by atoms with E-state index in [1.165, 1.54) is 34.4 Å². The van der Waals surface area contributed by atoms with Gasteiger partial charge in [-0.25, -0.2) is 29.9 Å². The Hall–Kier alpha value is -2.72. The number of aromatic nitrogens is 8. The first kappa shape index (κ1) is 35.1. The van der Waals surface area contributed by atoms with Crippen LogP contribution in [0.5, 0.6) is 0 Å². The summed E-state index contributed by atoms with van der Waals surface area (Å²) >= 11 is 7.59. The van der Waals surface area contributed by atoms with Crippen molar-refractivity contribution in [2.24, 2.45) is 0 Å². The van der Waals surface area contributed by atoms with Crippen LogP contribution < -0.4 is 10.6 Å². The molecule has 3 unspecified atom stereocenters. The van der Waals surface area contributed by atoms with E-state index >= 15 is 0 Å². The molecule has 20 nitrogen and oxygen atoms in total. The lowest BCUT2D eigenvalue weighted by Gasteiger charge is -2.20. The van der Waals surface area contributed by atoms with Gasteiger partial charge in [-0.3, -0.25) is 18.3 Å². The number of imidazole rings is 2. The van der Waals surface area contributed by atoms with Crippen LogP contribution in [0.4, 0.5) is 11.6 Å². The minimum absolute atomic E-state index is 0.354. The Morgan fingerprint density at radius 3 is 1.77 bits per heavy atom. The fraction of sp³-hybridized carbons (Fsp3) is 0.500. The van der Waals surface area contributed by atoms with E-state index in [0.717, 1.165) is 0 Å². The minimum atomic E-state index is -2.74. The number of anilines is 2. The smallest absolute Gasteiger partial charge is 0.243 e. The first-order valence-electron chi connectivity index (χ1n) is 14.4. The molecule has 0 bridgehead atoms. The topological polar surface area (TPSA) is 263 Å². The quantitative estimate of drug-likeness (QED) is 0.0478. The Morgan fingerprint density at radius 2 is 1.25 bits per heavy atom. The number of rotatable bonds is 14. The number of aliphatic hydroxyl groups is 4. The number of thiol groups is 2. The molecule has 0 amide bonds. The molecule has 0 aliphatic carbocycles. The van der Waals surface area contributed by atoms with Crippen molar-refractivity contribution in [3.8, 4) is 0 Å². The van der Waals surface area contributed by atoms with Crippen LogP contribution in [0.2, 0.25) is 0 Å². The van der Waals surface area contributed by atoms with E-state index in [1.54, 1.807) is 0 Å². The highest BCUT2D eigenvalue weighted by atomic mass is 32.7. The molecule has 10 atom stereocenters. The van der Waals surface area contributed by atoms with Gasteiger partial charge in [0.15, 0.2) is 46.4 Å². The Kier molecular flexibility index (Phi) is 11.3. The van der Waals surface area contributed by atoms with Crippen LogP contribution in [0.1, 0.15) is 12.5 Å². The molecule has 0 saturated carbocycles. The highest BCUT2D eigenvalue weighted by Gasteiger charge is 2.47. The molecule has 0 radical (unpaired) electrons. The van der Waals surface area contributed by atoms with Crippen molar-refractivity contribution in [1.29, 1.82) is 0 Å². The van der Waals surface area contributed by atoms with Gasteiger partial charge in [0.1, 0.15) is 49.3 Å². The summed E-state index contributed by atoms with van der Waals surface area (Å²) in [5.41, 5.74) is 1.53. The van der Waals surface area contributed by atoms with Gasteiger partial charge in [0.2, 0.25) is 14.5 Å². The van der Waals surface area contributed by atoms with Crippen LogP contribution in [0.25, 0.3) is 22.3 Å². The van der Waals surface area contributed by atoms with Gasteiger partial charge in [0, 0.05) is 13.1 Å². The maximum absolute atomic E-state index is 11.7. The second-order valence-electron chi connectivity index (χ2n) is 10.5. The SMILES string of the molecule is O=[PH](S)O[C@H]1[C@@H](O)[C@H](n2cnc3c(NC/C=C/CNc4ncnc5c4ncn5C4O[C@H](CO)[C@@H](O)[C@H]4O[PH](=O)S)ncnc32)O[C@@H]1CO. The van der Waals surface area contributed by atoms with E-state index in [-0.39, 0.29) is 0 Å². The number of fused-ring (bicyclic) bond motifs is 2. The number of ether oxygens (including phenoxy) is 2. The summed E-state index contributed by atoms with van der Waals surface area (Å²) in [6, 6.07) is 0. The summed E-state index contributed by atoms with van der Waals surface area (Å²) in [6.45, 7) is -0.224. The third-order valence-corrected chi connectivity index (χ3v) is 9.24. The van der Waals surface area contributed by atoms with Crippen LogP contribution in [-0.2, 0) is 27.7 Å². The summed E-state index contributed by atoms with van der Waals surface area (Å²) in [5, 5.41) is 46.9. The molecule has 24 heteroatoms. The molecule has 0 spiro atoms. The first-order chi connectivity index (χ1) is 23.2. The second-order valence-corrected chi connectivity index (χ2v) is 14.2. The van der Waals surface area contributed by atoms with Gasteiger partial charge in [0.25, 0.3) is 0 Å². The maximum atomic E-state index is 11.7. The van der Waals surface area contributed by atoms with E-state index in [2.05, 4.69) is 65.0 Å². The number of nitrogens with one attached hydrogen (secondary N) is 2. The van der Waals surface area contributed by atoms with Crippen LogP contribution in [-0.4, -0.2) is 122 Å². The van der Waals surface area contributed by atoms with Gasteiger partial charge in [-0.1, -0.05) is 36.6 Å². The van der Waals surface area contributed by atoms with Crippen LogP contribution >= 0.6 is 39.0 Å². The number of aliphatic hydroxyl groups excluding tert-OH is 4.